The van der Waals surface area contributed by atoms with Crippen molar-refractivity contribution in [1.29, 1.82) is 0 Å². The number of aromatic nitrogens is 2. The van der Waals surface area contributed by atoms with Crippen molar-refractivity contribution in [1.82, 2.24) is 9.97 Å². The maximum absolute atomic E-state index is 5.78. The molecule has 0 bridgehead atoms. The van der Waals surface area contributed by atoms with Crippen molar-refractivity contribution < 1.29 is 0 Å². The number of hydrogen-bond acceptors (Lipinski definition) is 5. The number of thiazole rings is 1. The summed E-state index contributed by atoms with van der Waals surface area (Å²) in [5.41, 5.74) is 7.85. The highest BCUT2D eigenvalue weighted by Crippen LogP contribution is 2.34. The molecule has 2 aromatic rings. The van der Waals surface area contributed by atoms with Gasteiger partial charge in [-0.25, -0.2) is 4.98 Å². The Morgan fingerprint density at radius 2 is 2.38 bits per heavy atom. The molecule has 84 valence electrons. The number of nitrogens with two attached hydrogens (primary N) is 1. The van der Waals surface area contributed by atoms with Crippen LogP contribution in [0.4, 0.5) is 0 Å². The van der Waals surface area contributed by atoms with Crippen molar-refractivity contribution in [3.05, 3.63) is 41.2 Å². The summed E-state index contributed by atoms with van der Waals surface area (Å²) in [5.74, 6) is 0. The Labute approximate surface area is 103 Å². The van der Waals surface area contributed by atoms with Gasteiger partial charge in [-0.3, -0.25) is 4.98 Å². The molecule has 0 radical (unpaired) electrons. The van der Waals surface area contributed by atoms with Gasteiger partial charge in [-0.1, -0.05) is 17.8 Å². The van der Waals surface area contributed by atoms with E-state index in [9.17, 15) is 0 Å². The van der Waals surface area contributed by atoms with Gasteiger partial charge in [0.25, 0.3) is 0 Å². The summed E-state index contributed by atoms with van der Waals surface area (Å²) in [6.45, 7) is 2.57. The molecule has 0 saturated carbocycles. The number of rotatable bonds is 4. The van der Waals surface area contributed by atoms with Gasteiger partial charge in [-0.15, -0.1) is 11.3 Å². The standard InChI is InChI=1S/C11H13N3S2/c1-8-7-15-11(14-8)16-10(6-12)9-4-2-3-5-13-9/h2-5,7,10H,6,12H2,1H3. The maximum atomic E-state index is 5.78. The van der Waals surface area contributed by atoms with E-state index in [0.717, 1.165) is 15.7 Å². The summed E-state index contributed by atoms with van der Waals surface area (Å²) in [4.78, 5) is 8.75. The van der Waals surface area contributed by atoms with Gasteiger partial charge in [0.15, 0.2) is 4.34 Å². The summed E-state index contributed by atoms with van der Waals surface area (Å²) < 4.78 is 1.05. The molecule has 2 heterocycles. The van der Waals surface area contributed by atoms with Gasteiger partial charge in [-0.05, 0) is 19.1 Å². The zero-order chi connectivity index (χ0) is 11.4. The molecule has 2 rings (SSSR count). The maximum Gasteiger partial charge on any atom is 0.150 e. The van der Waals surface area contributed by atoms with E-state index in [0.29, 0.717) is 6.54 Å². The molecular weight excluding hydrogens is 238 g/mol. The Morgan fingerprint density at radius 3 is 2.94 bits per heavy atom. The minimum Gasteiger partial charge on any atom is -0.329 e. The Balaban J connectivity index is 2.12. The number of hydrogen-bond donors (Lipinski definition) is 1. The fourth-order valence-corrected chi connectivity index (χ4v) is 3.34. The van der Waals surface area contributed by atoms with Crippen molar-refractivity contribution >= 4 is 23.1 Å². The monoisotopic (exact) mass is 251 g/mol. The molecule has 0 saturated heterocycles. The average molecular weight is 251 g/mol. The first-order valence-corrected chi connectivity index (χ1v) is 6.75. The van der Waals surface area contributed by atoms with Gasteiger partial charge >= 0.3 is 0 Å². The Bertz CT molecular complexity index is 442. The Kier molecular flexibility index (Phi) is 3.93. The molecule has 0 aliphatic heterocycles. The highest BCUT2D eigenvalue weighted by Gasteiger charge is 2.14. The van der Waals surface area contributed by atoms with Gasteiger partial charge in [0, 0.05) is 23.8 Å². The highest BCUT2D eigenvalue weighted by molar-refractivity contribution is 8.01. The van der Waals surface area contributed by atoms with E-state index in [4.69, 9.17) is 5.73 Å². The molecule has 1 atom stereocenters. The molecule has 16 heavy (non-hydrogen) atoms. The number of aryl methyl sites for hydroxylation is 1. The second kappa shape index (κ2) is 5.43. The van der Waals surface area contributed by atoms with Gasteiger partial charge in [0.05, 0.1) is 10.9 Å². The van der Waals surface area contributed by atoms with Crippen molar-refractivity contribution in [2.75, 3.05) is 6.54 Å². The number of thioether (sulfide) groups is 1. The smallest absolute Gasteiger partial charge is 0.150 e. The van der Waals surface area contributed by atoms with Crippen LogP contribution in [0.25, 0.3) is 0 Å². The van der Waals surface area contributed by atoms with Crippen LogP contribution >= 0.6 is 23.1 Å². The fourth-order valence-electron chi connectivity index (χ4n) is 1.30. The lowest BCUT2D eigenvalue weighted by atomic mass is 10.3. The highest BCUT2D eigenvalue weighted by atomic mass is 32.2. The van der Waals surface area contributed by atoms with E-state index in [1.807, 2.05) is 30.5 Å². The first kappa shape index (κ1) is 11.6. The summed E-state index contributed by atoms with van der Waals surface area (Å²) in [6.07, 6.45) is 1.80. The lowest BCUT2D eigenvalue weighted by Crippen LogP contribution is -2.10. The van der Waals surface area contributed by atoms with Crippen LogP contribution in [-0.4, -0.2) is 16.5 Å². The number of nitrogens with zero attached hydrogens (tertiary/aromatic N) is 2. The lowest BCUT2D eigenvalue weighted by Gasteiger charge is -2.11. The summed E-state index contributed by atoms with van der Waals surface area (Å²) in [6, 6.07) is 5.90. The van der Waals surface area contributed by atoms with Crippen LogP contribution in [0.15, 0.2) is 34.1 Å². The molecule has 0 aliphatic carbocycles. The van der Waals surface area contributed by atoms with E-state index < -0.39 is 0 Å². The zero-order valence-corrected chi connectivity index (χ0v) is 10.6. The van der Waals surface area contributed by atoms with Crippen molar-refractivity contribution in [2.24, 2.45) is 5.73 Å². The third-order valence-corrected chi connectivity index (χ3v) is 4.41. The quantitative estimate of drug-likeness (QED) is 0.849. The van der Waals surface area contributed by atoms with Crippen molar-refractivity contribution in [3.8, 4) is 0 Å². The van der Waals surface area contributed by atoms with Crippen LogP contribution in [0.1, 0.15) is 16.6 Å². The molecule has 1 unspecified atom stereocenters. The van der Waals surface area contributed by atoms with E-state index in [1.165, 1.54) is 0 Å². The van der Waals surface area contributed by atoms with Gasteiger partial charge in [-0.2, -0.15) is 0 Å². The van der Waals surface area contributed by atoms with E-state index in [2.05, 4.69) is 9.97 Å². The van der Waals surface area contributed by atoms with E-state index >= 15 is 0 Å². The first-order chi connectivity index (χ1) is 7.79. The second-order valence-corrected chi connectivity index (χ2v) is 5.66. The third kappa shape index (κ3) is 2.81. The molecule has 0 fully saturated rings. The van der Waals surface area contributed by atoms with E-state index in [1.54, 1.807) is 29.3 Å². The average Bonchev–Trinajstić information content (AvgIpc) is 2.73. The van der Waals surface area contributed by atoms with Crippen LogP contribution in [0.5, 0.6) is 0 Å². The van der Waals surface area contributed by atoms with Crippen LogP contribution in [0.3, 0.4) is 0 Å². The predicted molar refractivity (Wildman–Crippen MR) is 68.7 cm³/mol. The largest absolute Gasteiger partial charge is 0.329 e. The third-order valence-electron chi connectivity index (χ3n) is 2.07. The molecule has 2 N–H and O–H groups in total. The minimum absolute atomic E-state index is 0.187. The molecule has 0 amide bonds. The zero-order valence-electron chi connectivity index (χ0n) is 8.96. The summed E-state index contributed by atoms with van der Waals surface area (Å²) >= 11 is 3.34. The molecule has 0 aromatic carbocycles. The van der Waals surface area contributed by atoms with Crippen molar-refractivity contribution in [2.45, 2.75) is 16.5 Å². The summed E-state index contributed by atoms with van der Waals surface area (Å²) in [7, 11) is 0. The second-order valence-electron chi connectivity index (χ2n) is 3.35. The fraction of sp³-hybridized carbons (Fsp3) is 0.273. The molecule has 2 aromatic heterocycles. The predicted octanol–water partition coefficient (Wildman–Crippen LogP) is 2.64. The normalized spacial score (nSPS) is 12.6. The molecule has 5 heteroatoms. The van der Waals surface area contributed by atoms with Gasteiger partial charge in [0.1, 0.15) is 0 Å². The summed E-state index contributed by atoms with van der Waals surface area (Å²) in [5, 5.41) is 2.24. The van der Waals surface area contributed by atoms with E-state index in [-0.39, 0.29) is 5.25 Å². The molecule has 3 nitrogen and oxygen atoms in total. The lowest BCUT2D eigenvalue weighted by molar-refractivity contribution is 0.896. The Morgan fingerprint density at radius 1 is 1.50 bits per heavy atom. The molecular formula is C11H13N3S2. The number of pyridine rings is 1. The SMILES string of the molecule is Cc1csc(SC(CN)c2ccccn2)n1. The first-order valence-electron chi connectivity index (χ1n) is 4.99. The minimum atomic E-state index is 0.187. The van der Waals surface area contributed by atoms with Gasteiger partial charge in [0.2, 0.25) is 0 Å². The molecule has 0 aliphatic rings. The van der Waals surface area contributed by atoms with Crippen molar-refractivity contribution in [3.63, 3.8) is 0 Å². The topological polar surface area (TPSA) is 51.8 Å². The van der Waals surface area contributed by atoms with Crippen LogP contribution in [-0.2, 0) is 0 Å². The van der Waals surface area contributed by atoms with Crippen LogP contribution < -0.4 is 5.73 Å². The van der Waals surface area contributed by atoms with Crippen LogP contribution in [0.2, 0.25) is 0 Å². The van der Waals surface area contributed by atoms with Gasteiger partial charge < -0.3 is 5.73 Å². The Hall–Kier alpha value is -0.910. The molecule has 0 spiro atoms. The van der Waals surface area contributed by atoms with Crippen LogP contribution in [0, 0.1) is 6.92 Å².